The molecule has 1 heterocycles. The highest BCUT2D eigenvalue weighted by Gasteiger charge is 2.45. The van der Waals surface area contributed by atoms with Gasteiger partial charge in [-0.25, -0.2) is 13.1 Å². The number of para-hydroxylation sites is 1. The fourth-order valence-electron chi connectivity index (χ4n) is 3.80. The molecule has 154 valence electrons. The first-order valence-corrected chi connectivity index (χ1v) is 11.3. The zero-order chi connectivity index (χ0) is 21.3. The maximum Gasteiger partial charge on any atom is 0.196 e. The molecule has 1 aromatic heterocycles. The molecule has 7 nitrogen and oxygen atoms in total. The van der Waals surface area contributed by atoms with Crippen LogP contribution in [0.1, 0.15) is 35.3 Å². The van der Waals surface area contributed by atoms with Crippen molar-refractivity contribution in [2.45, 2.75) is 36.3 Å². The highest BCUT2D eigenvalue weighted by Crippen LogP contribution is 2.33. The number of carbonyl (C=O) groups is 2. The zero-order valence-electron chi connectivity index (χ0n) is 16.4. The van der Waals surface area contributed by atoms with Gasteiger partial charge in [0.2, 0.25) is 0 Å². The van der Waals surface area contributed by atoms with Crippen molar-refractivity contribution in [3.05, 3.63) is 72.1 Å². The molecule has 0 amide bonds. The lowest BCUT2D eigenvalue weighted by atomic mass is 9.83. The Bertz CT molecular complexity index is 1180. The van der Waals surface area contributed by atoms with E-state index in [1.54, 1.807) is 24.3 Å². The number of aromatic nitrogens is 3. The predicted molar refractivity (Wildman–Crippen MR) is 110 cm³/mol. The van der Waals surface area contributed by atoms with E-state index in [9.17, 15) is 18.0 Å². The third-order valence-corrected chi connectivity index (χ3v) is 7.66. The molecule has 3 aromatic rings. The Kier molecular flexibility index (Phi) is 5.34. The van der Waals surface area contributed by atoms with Gasteiger partial charge in [-0.3, -0.25) is 9.59 Å². The van der Waals surface area contributed by atoms with E-state index in [4.69, 9.17) is 0 Å². The van der Waals surface area contributed by atoms with Crippen molar-refractivity contribution in [3.8, 4) is 5.69 Å². The minimum absolute atomic E-state index is 0.0109. The lowest BCUT2D eigenvalue weighted by Crippen LogP contribution is -2.43. The van der Waals surface area contributed by atoms with E-state index < -0.39 is 26.8 Å². The summed E-state index contributed by atoms with van der Waals surface area (Å²) in [4.78, 5) is 26.0. The number of Topliss-reactive ketones (excluding diaryl/α,β-unsaturated/α-hetero) is 2. The Labute approximate surface area is 174 Å². The van der Waals surface area contributed by atoms with Crippen LogP contribution in [0, 0.1) is 12.8 Å². The number of sulfone groups is 1. The number of benzene rings is 2. The molecule has 1 saturated carbocycles. The monoisotopic (exact) mass is 423 g/mol. The molecule has 0 saturated heterocycles. The molecule has 1 fully saturated rings. The zero-order valence-corrected chi connectivity index (χ0v) is 17.2. The summed E-state index contributed by atoms with van der Waals surface area (Å²) in [7, 11) is -3.86. The second-order valence-electron chi connectivity index (χ2n) is 7.48. The highest BCUT2D eigenvalue weighted by atomic mass is 32.2. The van der Waals surface area contributed by atoms with Crippen LogP contribution in [-0.4, -0.2) is 40.2 Å². The van der Waals surface area contributed by atoms with Crippen LogP contribution < -0.4 is 0 Å². The topological polar surface area (TPSA) is 99.0 Å². The molecule has 0 unspecified atom stereocenters. The molecular formula is C22H21N3O4S. The van der Waals surface area contributed by atoms with Gasteiger partial charge in [0.1, 0.15) is 11.5 Å². The van der Waals surface area contributed by atoms with Crippen LogP contribution >= 0.6 is 0 Å². The van der Waals surface area contributed by atoms with Gasteiger partial charge in [0, 0.05) is 6.42 Å². The van der Waals surface area contributed by atoms with Crippen LogP contribution in [-0.2, 0) is 14.6 Å². The minimum Gasteiger partial charge on any atom is -0.299 e. The normalized spacial score (nSPS) is 19.6. The molecule has 4 rings (SSSR count). The van der Waals surface area contributed by atoms with E-state index in [1.807, 2.05) is 25.1 Å². The number of hydrogen-bond acceptors (Lipinski definition) is 6. The lowest BCUT2D eigenvalue weighted by Gasteiger charge is -2.28. The van der Waals surface area contributed by atoms with E-state index in [0.717, 1.165) is 5.56 Å². The second-order valence-corrected chi connectivity index (χ2v) is 9.65. The molecule has 0 N–H and O–H groups in total. The smallest absolute Gasteiger partial charge is 0.196 e. The van der Waals surface area contributed by atoms with Crippen molar-refractivity contribution in [3.63, 3.8) is 0 Å². The Morgan fingerprint density at radius 3 is 2.47 bits per heavy atom. The molecule has 0 radical (unpaired) electrons. The van der Waals surface area contributed by atoms with Crippen molar-refractivity contribution in [2.24, 2.45) is 5.92 Å². The van der Waals surface area contributed by atoms with Crippen LogP contribution in [0.15, 0.2) is 65.7 Å². The summed E-state index contributed by atoms with van der Waals surface area (Å²) in [6, 6.07) is 15.6. The van der Waals surface area contributed by atoms with Crippen molar-refractivity contribution in [1.82, 2.24) is 15.0 Å². The fraction of sp³-hybridized carbons (Fsp3) is 0.273. The van der Waals surface area contributed by atoms with Gasteiger partial charge < -0.3 is 0 Å². The van der Waals surface area contributed by atoms with Crippen LogP contribution in [0.25, 0.3) is 5.69 Å². The maximum absolute atomic E-state index is 13.3. The van der Waals surface area contributed by atoms with E-state index in [2.05, 4.69) is 10.3 Å². The maximum atomic E-state index is 13.3. The molecule has 0 spiro atoms. The van der Waals surface area contributed by atoms with Gasteiger partial charge in [0.15, 0.2) is 15.6 Å². The highest BCUT2D eigenvalue weighted by molar-refractivity contribution is 7.92. The molecule has 8 heteroatoms. The van der Waals surface area contributed by atoms with Gasteiger partial charge in [-0.05, 0) is 44.0 Å². The summed E-state index contributed by atoms with van der Waals surface area (Å²) < 4.78 is 28.0. The van der Waals surface area contributed by atoms with Crippen molar-refractivity contribution < 1.29 is 18.0 Å². The van der Waals surface area contributed by atoms with Crippen molar-refractivity contribution >= 4 is 21.4 Å². The average molecular weight is 423 g/mol. The number of aryl methyl sites for hydroxylation is 1. The first-order chi connectivity index (χ1) is 14.4. The quantitative estimate of drug-likeness (QED) is 0.462. The lowest BCUT2D eigenvalue weighted by molar-refractivity contribution is -0.122. The summed E-state index contributed by atoms with van der Waals surface area (Å²) in [6.07, 6.45) is 2.32. The summed E-state index contributed by atoms with van der Waals surface area (Å²) in [5.41, 5.74) is 1.63. The van der Waals surface area contributed by atoms with Gasteiger partial charge in [0.05, 0.1) is 27.9 Å². The molecule has 2 aromatic carbocycles. The number of ketones is 2. The molecule has 0 bridgehead atoms. The summed E-state index contributed by atoms with van der Waals surface area (Å²) >= 11 is 0. The number of hydrogen-bond donors (Lipinski definition) is 0. The number of carbonyl (C=O) groups excluding carboxylic acids is 2. The molecular weight excluding hydrogens is 402 g/mol. The first kappa shape index (κ1) is 20.2. The molecule has 0 aliphatic heterocycles. The minimum atomic E-state index is -3.86. The summed E-state index contributed by atoms with van der Waals surface area (Å²) in [5, 5.41) is 6.79. The van der Waals surface area contributed by atoms with Crippen LogP contribution in [0.5, 0.6) is 0 Å². The third-order valence-electron chi connectivity index (χ3n) is 5.43. The third kappa shape index (κ3) is 3.70. The van der Waals surface area contributed by atoms with Gasteiger partial charge in [-0.2, -0.15) is 0 Å². The Balaban J connectivity index is 1.68. The number of rotatable bonds is 5. The fourth-order valence-corrected chi connectivity index (χ4v) is 5.78. The standard InChI is InChI=1S/C22H21N3O4S/c1-15-10-12-17(13-11-15)30(28,29)20-9-5-8-19(26)21(20)22(27)18-14-25(24-23-18)16-6-3-2-4-7-16/h2-4,6-7,10-14,20-21H,5,8-9H2,1H3/t20-,21+/m0/s1. The summed E-state index contributed by atoms with van der Waals surface area (Å²) in [6.45, 7) is 1.86. The Hall–Kier alpha value is -3.13. The van der Waals surface area contributed by atoms with E-state index in [0.29, 0.717) is 12.1 Å². The Morgan fingerprint density at radius 2 is 1.77 bits per heavy atom. The van der Waals surface area contributed by atoms with E-state index in [1.165, 1.54) is 23.0 Å². The average Bonchev–Trinajstić information content (AvgIpc) is 3.24. The van der Waals surface area contributed by atoms with E-state index >= 15 is 0 Å². The van der Waals surface area contributed by atoms with Gasteiger partial charge in [-0.1, -0.05) is 41.1 Å². The van der Waals surface area contributed by atoms with Crippen LogP contribution in [0.3, 0.4) is 0 Å². The molecule has 2 atom stereocenters. The largest absolute Gasteiger partial charge is 0.299 e. The van der Waals surface area contributed by atoms with Gasteiger partial charge in [-0.15, -0.1) is 5.10 Å². The summed E-state index contributed by atoms with van der Waals surface area (Å²) in [5.74, 6) is -2.23. The SMILES string of the molecule is Cc1ccc(S(=O)(=O)[C@H]2CCCC(=O)[C@H]2C(=O)c2cn(-c3ccccc3)nn2)cc1. The molecule has 30 heavy (non-hydrogen) atoms. The van der Waals surface area contributed by atoms with Gasteiger partial charge in [0.25, 0.3) is 0 Å². The first-order valence-electron chi connectivity index (χ1n) is 9.73. The van der Waals surface area contributed by atoms with Crippen molar-refractivity contribution in [1.29, 1.82) is 0 Å². The predicted octanol–water partition coefficient (Wildman–Crippen LogP) is 2.97. The van der Waals surface area contributed by atoms with E-state index in [-0.39, 0.29) is 29.2 Å². The second kappa shape index (κ2) is 7.95. The van der Waals surface area contributed by atoms with Gasteiger partial charge >= 0.3 is 0 Å². The van der Waals surface area contributed by atoms with Crippen molar-refractivity contribution in [2.75, 3.05) is 0 Å². The molecule has 1 aliphatic rings. The molecule has 1 aliphatic carbocycles. The Morgan fingerprint density at radius 1 is 1.07 bits per heavy atom. The van der Waals surface area contributed by atoms with Crippen LogP contribution in [0.2, 0.25) is 0 Å². The number of nitrogens with zero attached hydrogens (tertiary/aromatic N) is 3. The van der Waals surface area contributed by atoms with Crippen LogP contribution in [0.4, 0.5) is 0 Å².